The summed E-state index contributed by atoms with van der Waals surface area (Å²) >= 11 is 0. The van der Waals surface area contributed by atoms with Crippen LogP contribution in [0.5, 0.6) is 0 Å². The van der Waals surface area contributed by atoms with Crippen LogP contribution in [0.25, 0.3) is 0 Å². The van der Waals surface area contributed by atoms with Gasteiger partial charge in [0.1, 0.15) is 0 Å². The van der Waals surface area contributed by atoms with E-state index in [0.717, 1.165) is 31.6 Å². The first kappa shape index (κ1) is 15.0. The summed E-state index contributed by atoms with van der Waals surface area (Å²) in [6.45, 7) is 2.81. The maximum atomic E-state index is 11.4. The van der Waals surface area contributed by atoms with Crippen LogP contribution >= 0.6 is 12.4 Å². The highest BCUT2D eigenvalue weighted by molar-refractivity contribution is 5.89. The summed E-state index contributed by atoms with van der Waals surface area (Å²) in [5, 5.41) is 0. The molecule has 0 radical (unpaired) electrons. The highest BCUT2D eigenvalue weighted by atomic mass is 35.5. The van der Waals surface area contributed by atoms with E-state index in [4.69, 9.17) is 10.5 Å². The van der Waals surface area contributed by atoms with Crippen LogP contribution in [0.2, 0.25) is 0 Å². The normalized spacial score (nSPS) is 19.3. The summed E-state index contributed by atoms with van der Waals surface area (Å²) in [5.41, 5.74) is 7.59. The number of methoxy groups -OCH3 is 1. The molecular formula is C13H19ClN2O2. The number of carbonyl (C=O) groups excluding carboxylic acids is 1. The number of ether oxygens (including phenoxy) is 1. The van der Waals surface area contributed by atoms with Gasteiger partial charge >= 0.3 is 5.97 Å². The molecule has 1 saturated heterocycles. The van der Waals surface area contributed by atoms with Crippen molar-refractivity contribution >= 4 is 18.4 Å². The third-order valence-electron chi connectivity index (χ3n) is 3.06. The lowest BCUT2D eigenvalue weighted by Crippen LogP contribution is -2.26. The van der Waals surface area contributed by atoms with Crippen LogP contribution in [0.1, 0.15) is 22.3 Å². The lowest BCUT2D eigenvalue weighted by atomic mass is 10.1. The summed E-state index contributed by atoms with van der Waals surface area (Å²) in [4.78, 5) is 13.7. The molecule has 2 N–H and O–H groups in total. The summed E-state index contributed by atoms with van der Waals surface area (Å²) in [6.07, 6.45) is 1.05. The first-order valence-corrected chi connectivity index (χ1v) is 5.84. The number of nitrogens with zero attached hydrogens (tertiary/aromatic N) is 1. The monoisotopic (exact) mass is 270 g/mol. The zero-order chi connectivity index (χ0) is 12.3. The highest BCUT2D eigenvalue weighted by Gasteiger charge is 2.19. The number of rotatable bonds is 3. The standard InChI is InChI=1S/C13H18N2O2.ClH/c1-17-13(16)11-4-2-3-10(7-11)8-15-6-5-12(14)9-15;/h2-4,7,12H,5-6,8-9,14H2,1H3;1H. The first-order valence-electron chi connectivity index (χ1n) is 5.84. The van der Waals surface area contributed by atoms with Crippen molar-refractivity contribution in [1.82, 2.24) is 4.90 Å². The van der Waals surface area contributed by atoms with Gasteiger partial charge in [0, 0.05) is 25.7 Å². The molecule has 2 rings (SSSR count). The second kappa shape index (κ2) is 6.73. The second-order valence-electron chi connectivity index (χ2n) is 4.48. The number of nitrogens with two attached hydrogens (primary N) is 1. The lowest BCUT2D eigenvalue weighted by molar-refractivity contribution is 0.0600. The van der Waals surface area contributed by atoms with Gasteiger partial charge in [0.05, 0.1) is 12.7 Å². The Kier molecular flexibility index (Phi) is 5.59. The first-order chi connectivity index (χ1) is 8.19. The molecule has 4 nitrogen and oxygen atoms in total. The van der Waals surface area contributed by atoms with E-state index < -0.39 is 0 Å². The van der Waals surface area contributed by atoms with Crippen LogP contribution in [-0.4, -0.2) is 37.1 Å². The largest absolute Gasteiger partial charge is 0.465 e. The Hall–Kier alpha value is -1.10. The van der Waals surface area contributed by atoms with Crippen LogP contribution in [0.3, 0.4) is 0 Å². The summed E-state index contributed by atoms with van der Waals surface area (Å²) in [6, 6.07) is 7.85. The van der Waals surface area contributed by atoms with E-state index in [1.807, 2.05) is 18.2 Å². The van der Waals surface area contributed by atoms with Crippen molar-refractivity contribution in [2.75, 3.05) is 20.2 Å². The van der Waals surface area contributed by atoms with Gasteiger partial charge in [-0.3, -0.25) is 4.90 Å². The number of esters is 1. The van der Waals surface area contributed by atoms with Crippen molar-refractivity contribution in [2.24, 2.45) is 5.73 Å². The van der Waals surface area contributed by atoms with Gasteiger partial charge < -0.3 is 10.5 Å². The Balaban J connectivity index is 0.00000162. The van der Waals surface area contributed by atoms with Crippen molar-refractivity contribution < 1.29 is 9.53 Å². The molecule has 1 aliphatic rings. The van der Waals surface area contributed by atoms with Crippen molar-refractivity contribution in [2.45, 2.75) is 19.0 Å². The van der Waals surface area contributed by atoms with Crippen LogP contribution in [0.4, 0.5) is 0 Å². The lowest BCUT2D eigenvalue weighted by Gasteiger charge is -2.15. The number of hydrogen-bond acceptors (Lipinski definition) is 4. The van der Waals surface area contributed by atoms with Crippen molar-refractivity contribution in [3.63, 3.8) is 0 Å². The van der Waals surface area contributed by atoms with E-state index >= 15 is 0 Å². The van der Waals surface area contributed by atoms with Gasteiger partial charge in [-0.05, 0) is 24.1 Å². The molecule has 5 heteroatoms. The summed E-state index contributed by atoms with van der Waals surface area (Å²) < 4.78 is 4.71. The van der Waals surface area contributed by atoms with Crippen molar-refractivity contribution in [3.8, 4) is 0 Å². The SMILES string of the molecule is COC(=O)c1cccc(CN2CCC(N)C2)c1.Cl. The number of carbonyl (C=O) groups is 1. The molecule has 100 valence electrons. The van der Waals surface area contributed by atoms with Crippen molar-refractivity contribution in [3.05, 3.63) is 35.4 Å². The van der Waals surface area contributed by atoms with E-state index in [0.29, 0.717) is 11.6 Å². The van der Waals surface area contributed by atoms with Crippen molar-refractivity contribution in [1.29, 1.82) is 0 Å². The van der Waals surface area contributed by atoms with Gasteiger partial charge in [-0.2, -0.15) is 0 Å². The molecule has 1 aliphatic heterocycles. The fourth-order valence-corrected chi connectivity index (χ4v) is 2.18. The molecule has 0 aliphatic carbocycles. The Labute approximate surface area is 114 Å². The predicted octanol–water partition coefficient (Wildman–Crippen LogP) is 1.43. The number of benzene rings is 1. The third kappa shape index (κ3) is 3.70. The average Bonchev–Trinajstić information content (AvgIpc) is 2.74. The van der Waals surface area contributed by atoms with E-state index in [1.54, 1.807) is 6.07 Å². The molecule has 1 unspecified atom stereocenters. The van der Waals surface area contributed by atoms with Crippen LogP contribution in [0, 0.1) is 0 Å². The molecule has 0 amide bonds. The van der Waals surface area contributed by atoms with E-state index in [9.17, 15) is 4.79 Å². The molecule has 1 fully saturated rings. The smallest absolute Gasteiger partial charge is 0.337 e. The molecule has 1 aromatic carbocycles. The van der Waals surface area contributed by atoms with E-state index in [2.05, 4.69) is 4.90 Å². The third-order valence-corrected chi connectivity index (χ3v) is 3.06. The predicted molar refractivity (Wildman–Crippen MR) is 72.9 cm³/mol. The highest BCUT2D eigenvalue weighted by Crippen LogP contribution is 2.13. The molecule has 0 aromatic heterocycles. The van der Waals surface area contributed by atoms with Gasteiger partial charge in [0.2, 0.25) is 0 Å². The van der Waals surface area contributed by atoms with Crippen LogP contribution in [0.15, 0.2) is 24.3 Å². The zero-order valence-corrected chi connectivity index (χ0v) is 11.3. The maximum Gasteiger partial charge on any atom is 0.337 e. The van der Waals surface area contributed by atoms with Crippen LogP contribution in [-0.2, 0) is 11.3 Å². The molecule has 0 bridgehead atoms. The topological polar surface area (TPSA) is 55.6 Å². The summed E-state index contributed by atoms with van der Waals surface area (Å²) in [7, 11) is 1.40. The van der Waals surface area contributed by atoms with Gasteiger partial charge in [0.25, 0.3) is 0 Å². The Morgan fingerprint density at radius 2 is 2.33 bits per heavy atom. The number of hydrogen-bond donors (Lipinski definition) is 1. The molecular weight excluding hydrogens is 252 g/mol. The second-order valence-corrected chi connectivity index (χ2v) is 4.48. The quantitative estimate of drug-likeness (QED) is 0.845. The van der Waals surface area contributed by atoms with E-state index in [-0.39, 0.29) is 18.4 Å². The van der Waals surface area contributed by atoms with Gasteiger partial charge in [0.15, 0.2) is 0 Å². The number of halogens is 1. The minimum Gasteiger partial charge on any atom is -0.465 e. The zero-order valence-electron chi connectivity index (χ0n) is 10.5. The van der Waals surface area contributed by atoms with Gasteiger partial charge in [-0.1, -0.05) is 12.1 Å². The van der Waals surface area contributed by atoms with Gasteiger partial charge in [-0.25, -0.2) is 4.79 Å². The minimum atomic E-state index is -0.287. The van der Waals surface area contributed by atoms with Gasteiger partial charge in [-0.15, -0.1) is 12.4 Å². The average molecular weight is 271 g/mol. The van der Waals surface area contributed by atoms with E-state index in [1.165, 1.54) is 7.11 Å². The molecule has 1 heterocycles. The molecule has 1 atom stereocenters. The minimum absolute atomic E-state index is 0. The Morgan fingerprint density at radius 3 is 2.94 bits per heavy atom. The fourth-order valence-electron chi connectivity index (χ4n) is 2.18. The molecule has 0 saturated carbocycles. The van der Waals surface area contributed by atoms with Crippen LogP contribution < -0.4 is 5.73 Å². The Morgan fingerprint density at radius 1 is 1.56 bits per heavy atom. The molecule has 1 aromatic rings. The Bertz CT molecular complexity index is 412. The summed E-state index contributed by atoms with van der Waals surface area (Å²) in [5.74, 6) is -0.287. The fraction of sp³-hybridized carbons (Fsp3) is 0.462. The molecule has 18 heavy (non-hydrogen) atoms. The number of likely N-dealkylation sites (tertiary alicyclic amines) is 1. The maximum absolute atomic E-state index is 11.4. The molecule has 0 spiro atoms.